The molecule has 1 aliphatic heterocycles. The Morgan fingerprint density at radius 1 is 1.32 bits per heavy atom. The summed E-state index contributed by atoms with van der Waals surface area (Å²) in [5.74, 6) is 3.15. The van der Waals surface area contributed by atoms with Gasteiger partial charge < -0.3 is 5.73 Å². The molecule has 1 fully saturated rings. The molecule has 2 unspecified atom stereocenters. The Morgan fingerprint density at radius 2 is 2.05 bits per heavy atom. The summed E-state index contributed by atoms with van der Waals surface area (Å²) in [5.41, 5.74) is 7.06. The molecule has 0 aromatic heterocycles. The van der Waals surface area contributed by atoms with Gasteiger partial charge in [-0.2, -0.15) is 36.7 Å². The first-order valence-corrected chi connectivity index (χ1v) is 8.22. The smallest absolute Gasteiger partial charge is 0.323 e. The Bertz CT molecular complexity index is 442. The Labute approximate surface area is 119 Å². The van der Waals surface area contributed by atoms with E-state index in [1.807, 2.05) is 23.5 Å². The topological polar surface area (TPSA) is 26.0 Å². The molecule has 6 heteroatoms. The quantitative estimate of drug-likeness (QED) is 0.898. The number of thioether (sulfide) groups is 2. The minimum Gasteiger partial charge on any atom is -0.323 e. The van der Waals surface area contributed by atoms with Crippen LogP contribution in [-0.2, 0) is 6.18 Å². The average Bonchev–Trinajstić information content (AvgIpc) is 2.38. The minimum atomic E-state index is -4.29. The molecule has 0 aliphatic carbocycles. The fourth-order valence-corrected chi connectivity index (χ4v) is 4.93. The van der Waals surface area contributed by atoms with Crippen molar-refractivity contribution in [2.24, 2.45) is 5.73 Å². The maximum absolute atomic E-state index is 12.6. The number of hydrogen-bond donors (Lipinski definition) is 1. The Morgan fingerprint density at radius 3 is 2.58 bits per heavy atom. The van der Waals surface area contributed by atoms with Gasteiger partial charge in [0.05, 0.1) is 5.56 Å². The third kappa shape index (κ3) is 3.61. The van der Waals surface area contributed by atoms with Gasteiger partial charge in [0.1, 0.15) is 0 Å². The molecular formula is C13H16F3NS2. The van der Waals surface area contributed by atoms with Crippen LogP contribution in [0.25, 0.3) is 0 Å². The molecule has 1 aromatic carbocycles. The first-order valence-electron chi connectivity index (χ1n) is 6.02. The highest BCUT2D eigenvalue weighted by molar-refractivity contribution is 8.06. The molecule has 1 aromatic rings. The Balaban J connectivity index is 2.20. The van der Waals surface area contributed by atoms with Crippen molar-refractivity contribution in [3.8, 4) is 0 Å². The lowest BCUT2D eigenvalue weighted by Crippen LogP contribution is -2.29. The van der Waals surface area contributed by atoms with E-state index in [1.54, 1.807) is 6.92 Å². The van der Waals surface area contributed by atoms with E-state index >= 15 is 0 Å². The second-order valence-electron chi connectivity index (χ2n) is 4.58. The Hall–Kier alpha value is -0.330. The number of aryl methyl sites for hydroxylation is 1. The van der Waals surface area contributed by atoms with E-state index in [0.717, 1.165) is 28.9 Å². The van der Waals surface area contributed by atoms with Crippen LogP contribution in [0.1, 0.15) is 22.7 Å². The predicted octanol–water partition coefficient (Wildman–Crippen LogP) is 3.86. The van der Waals surface area contributed by atoms with Gasteiger partial charge in [0.2, 0.25) is 0 Å². The van der Waals surface area contributed by atoms with Crippen molar-refractivity contribution < 1.29 is 13.2 Å². The summed E-state index contributed by atoms with van der Waals surface area (Å²) >= 11 is 3.67. The van der Waals surface area contributed by atoms with Crippen LogP contribution in [0, 0.1) is 6.92 Å². The van der Waals surface area contributed by atoms with E-state index in [1.165, 1.54) is 12.1 Å². The Kier molecular flexibility index (Phi) is 4.74. The lowest BCUT2D eigenvalue weighted by Gasteiger charge is -2.28. The highest BCUT2D eigenvalue weighted by atomic mass is 32.2. The molecule has 2 rings (SSSR count). The molecule has 1 heterocycles. The summed E-state index contributed by atoms with van der Waals surface area (Å²) in [7, 11) is 0. The molecule has 0 saturated carbocycles. The van der Waals surface area contributed by atoms with Crippen LogP contribution in [0.4, 0.5) is 13.2 Å². The summed E-state index contributed by atoms with van der Waals surface area (Å²) in [4.78, 5) is 0. The largest absolute Gasteiger partial charge is 0.416 e. The van der Waals surface area contributed by atoms with Crippen molar-refractivity contribution in [3.05, 3.63) is 34.9 Å². The highest BCUT2D eigenvalue weighted by Crippen LogP contribution is 2.35. The minimum absolute atomic E-state index is 0.194. The van der Waals surface area contributed by atoms with Gasteiger partial charge in [-0.05, 0) is 30.2 Å². The van der Waals surface area contributed by atoms with Crippen molar-refractivity contribution in [1.82, 2.24) is 0 Å². The van der Waals surface area contributed by atoms with Crippen LogP contribution in [-0.4, -0.2) is 22.5 Å². The summed E-state index contributed by atoms with van der Waals surface area (Å²) in [6, 6.07) is 3.65. The van der Waals surface area contributed by atoms with Crippen LogP contribution >= 0.6 is 23.5 Å². The molecule has 0 bridgehead atoms. The summed E-state index contributed by atoms with van der Waals surface area (Å²) in [6.07, 6.45) is -4.29. The number of benzene rings is 1. The normalized spacial score (nSPS) is 22.3. The predicted molar refractivity (Wildman–Crippen MR) is 76.7 cm³/mol. The summed E-state index contributed by atoms with van der Waals surface area (Å²) in [6.45, 7) is 1.70. The monoisotopic (exact) mass is 307 g/mol. The van der Waals surface area contributed by atoms with Crippen LogP contribution in [0.15, 0.2) is 18.2 Å². The van der Waals surface area contributed by atoms with Crippen molar-refractivity contribution >= 4 is 23.5 Å². The zero-order chi connectivity index (χ0) is 14.0. The van der Waals surface area contributed by atoms with Crippen molar-refractivity contribution in [1.29, 1.82) is 0 Å². The van der Waals surface area contributed by atoms with E-state index in [9.17, 15) is 13.2 Å². The lowest BCUT2D eigenvalue weighted by atomic mass is 9.97. The fourth-order valence-electron chi connectivity index (χ4n) is 2.14. The van der Waals surface area contributed by atoms with Gasteiger partial charge in [0.25, 0.3) is 0 Å². The van der Waals surface area contributed by atoms with Gasteiger partial charge in [-0.15, -0.1) is 0 Å². The summed E-state index contributed by atoms with van der Waals surface area (Å²) in [5, 5.41) is 0.286. The third-order valence-corrected chi connectivity index (χ3v) is 6.08. The molecule has 2 N–H and O–H groups in total. The van der Waals surface area contributed by atoms with Gasteiger partial charge in [0.15, 0.2) is 0 Å². The fraction of sp³-hybridized carbons (Fsp3) is 0.538. The first-order chi connectivity index (χ1) is 8.89. The molecular weight excluding hydrogens is 291 g/mol. The number of nitrogens with two attached hydrogens (primary N) is 1. The van der Waals surface area contributed by atoms with Gasteiger partial charge in [-0.3, -0.25) is 0 Å². The maximum atomic E-state index is 12.6. The zero-order valence-electron chi connectivity index (χ0n) is 10.5. The molecule has 0 amide bonds. The number of hydrogen-bond acceptors (Lipinski definition) is 3. The zero-order valence-corrected chi connectivity index (χ0v) is 12.2. The summed E-state index contributed by atoms with van der Waals surface area (Å²) < 4.78 is 37.8. The van der Waals surface area contributed by atoms with Crippen LogP contribution in [0.2, 0.25) is 0 Å². The lowest BCUT2D eigenvalue weighted by molar-refractivity contribution is -0.137. The van der Waals surface area contributed by atoms with Gasteiger partial charge >= 0.3 is 6.18 Å². The molecule has 2 atom stereocenters. The SMILES string of the molecule is Cc1cc(C(F)(F)F)ccc1C(N)C1CSCCS1. The molecule has 19 heavy (non-hydrogen) atoms. The molecule has 0 spiro atoms. The van der Waals surface area contributed by atoms with Gasteiger partial charge in [-0.1, -0.05) is 6.07 Å². The number of rotatable bonds is 2. The van der Waals surface area contributed by atoms with Crippen LogP contribution in [0.5, 0.6) is 0 Å². The molecule has 1 aliphatic rings. The molecule has 1 nitrogen and oxygen atoms in total. The first kappa shape index (κ1) is 15.1. The van der Waals surface area contributed by atoms with Crippen LogP contribution < -0.4 is 5.73 Å². The average molecular weight is 307 g/mol. The van der Waals surface area contributed by atoms with Crippen molar-refractivity contribution in [3.63, 3.8) is 0 Å². The van der Waals surface area contributed by atoms with Crippen molar-refractivity contribution in [2.45, 2.75) is 24.4 Å². The number of alkyl halides is 3. The van der Waals surface area contributed by atoms with Gasteiger partial charge in [0, 0.05) is 28.6 Å². The van der Waals surface area contributed by atoms with E-state index in [-0.39, 0.29) is 11.3 Å². The van der Waals surface area contributed by atoms with E-state index < -0.39 is 11.7 Å². The second-order valence-corrected chi connectivity index (χ2v) is 7.08. The second kappa shape index (κ2) is 5.97. The highest BCUT2D eigenvalue weighted by Gasteiger charge is 2.31. The standard InChI is InChI=1S/C13H16F3NS2/c1-8-6-9(13(14,15)16)2-3-10(8)12(17)11-7-18-4-5-19-11/h2-3,6,11-12H,4-5,7,17H2,1H3. The number of halogens is 3. The van der Waals surface area contributed by atoms with Gasteiger partial charge in [-0.25, -0.2) is 0 Å². The van der Waals surface area contributed by atoms with Crippen molar-refractivity contribution in [2.75, 3.05) is 17.3 Å². The molecule has 1 saturated heterocycles. The van der Waals surface area contributed by atoms with E-state index in [2.05, 4.69) is 0 Å². The van der Waals surface area contributed by atoms with E-state index in [0.29, 0.717) is 5.56 Å². The van der Waals surface area contributed by atoms with E-state index in [4.69, 9.17) is 5.73 Å². The van der Waals surface area contributed by atoms with Crippen LogP contribution in [0.3, 0.4) is 0 Å². The maximum Gasteiger partial charge on any atom is 0.416 e. The molecule has 106 valence electrons. The third-order valence-electron chi connectivity index (χ3n) is 3.20. The molecule has 0 radical (unpaired) electrons.